The molecule has 4 N–H and O–H groups in total. The predicted molar refractivity (Wildman–Crippen MR) is 72.2 cm³/mol. The van der Waals surface area contributed by atoms with Crippen LogP contribution in [0.3, 0.4) is 0 Å². The third-order valence-electron chi connectivity index (χ3n) is 3.20. The summed E-state index contributed by atoms with van der Waals surface area (Å²) in [7, 11) is 0. The van der Waals surface area contributed by atoms with Crippen LogP contribution >= 0.6 is 0 Å². The van der Waals surface area contributed by atoms with Crippen molar-refractivity contribution in [2.24, 2.45) is 5.84 Å². The first-order valence-corrected chi connectivity index (χ1v) is 6.37. The van der Waals surface area contributed by atoms with E-state index in [9.17, 15) is 19.3 Å². The van der Waals surface area contributed by atoms with E-state index in [0.717, 1.165) is 18.9 Å². The second-order valence-electron chi connectivity index (χ2n) is 4.60. The van der Waals surface area contributed by atoms with E-state index in [1.807, 2.05) is 0 Å². The number of carbonyl (C=O) groups is 1. The SMILES string of the molecule is NNc1cc(C(=O)NCC2CCCO2)c([N+](=O)[O-])cc1F. The van der Waals surface area contributed by atoms with Crippen molar-refractivity contribution >= 4 is 17.3 Å². The van der Waals surface area contributed by atoms with Crippen molar-refractivity contribution in [1.29, 1.82) is 0 Å². The Kier molecular flexibility index (Phi) is 4.66. The Bertz CT molecular complexity index is 560. The van der Waals surface area contributed by atoms with E-state index in [2.05, 4.69) is 10.7 Å². The van der Waals surface area contributed by atoms with Crippen molar-refractivity contribution in [1.82, 2.24) is 5.32 Å². The summed E-state index contributed by atoms with van der Waals surface area (Å²) in [6, 6.07) is 1.68. The summed E-state index contributed by atoms with van der Waals surface area (Å²) in [6.45, 7) is 0.886. The molecule has 0 aliphatic carbocycles. The molecule has 1 aromatic rings. The Hall–Kier alpha value is -2.26. The molecule has 0 aromatic heterocycles. The molecule has 0 radical (unpaired) electrons. The first-order valence-electron chi connectivity index (χ1n) is 6.37. The minimum Gasteiger partial charge on any atom is -0.376 e. The molecule has 8 nitrogen and oxygen atoms in total. The number of hydrogen-bond acceptors (Lipinski definition) is 6. The summed E-state index contributed by atoms with van der Waals surface area (Å²) in [5.74, 6) is 3.53. The molecule has 1 aromatic carbocycles. The molecule has 1 amide bonds. The summed E-state index contributed by atoms with van der Waals surface area (Å²) in [5.41, 5.74) is 0.988. The molecular weight excluding hydrogens is 283 g/mol. The van der Waals surface area contributed by atoms with Crippen LogP contribution in [0.15, 0.2) is 12.1 Å². The lowest BCUT2D eigenvalue weighted by atomic mass is 10.1. The molecule has 21 heavy (non-hydrogen) atoms. The molecule has 1 heterocycles. The lowest BCUT2D eigenvalue weighted by molar-refractivity contribution is -0.385. The number of hydrogen-bond donors (Lipinski definition) is 3. The minimum absolute atomic E-state index is 0.0967. The third kappa shape index (κ3) is 3.44. The van der Waals surface area contributed by atoms with Crippen molar-refractivity contribution in [3.05, 3.63) is 33.6 Å². The summed E-state index contributed by atoms with van der Waals surface area (Å²) >= 11 is 0. The number of amides is 1. The normalized spacial score (nSPS) is 17.5. The average Bonchev–Trinajstić information content (AvgIpc) is 2.97. The first-order chi connectivity index (χ1) is 10.0. The maximum Gasteiger partial charge on any atom is 0.285 e. The van der Waals surface area contributed by atoms with Gasteiger partial charge in [0.05, 0.1) is 22.8 Å². The molecule has 0 saturated carbocycles. The van der Waals surface area contributed by atoms with Crippen LogP contribution in [0.4, 0.5) is 15.8 Å². The lowest BCUT2D eigenvalue weighted by Gasteiger charge is -2.12. The maximum atomic E-state index is 13.5. The number of nitrogen functional groups attached to an aromatic ring is 1. The van der Waals surface area contributed by atoms with Crippen molar-refractivity contribution in [3.63, 3.8) is 0 Å². The van der Waals surface area contributed by atoms with Crippen LogP contribution in [0.1, 0.15) is 23.2 Å². The topological polar surface area (TPSA) is 120 Å². The zero-order chi connectivity index (χ0) is 15.4. The maximum absolute atomic E-state index is 13.5. The Morgan fingerprint density at radius 2 is 2.33 bits per heavy atom. The zero-order valence-electron chi connectivity index (χ0n) is 11.1. The largest absolute Gasteiger partial charge is 0.376 e. The highest BCUT2D eigenvalue weighted by Gasteiger charge is 2.24. The second kappa shape index (κ2) is 6.46. The molecule has 1 unspecified atom stereocenters. The molecule has 0 bridgehead atoms. The number of hydrazine groups is 1. The van der Waals surface area contributed by atoms with Gasteiger partial charge in [0.1, 0.15) is 5.56 Å². The molecule has 9 heteroatoms. The standard InChI is InChI=1S/C12H15FN4O4/c13-9-5-11(17(19)20)8(4-10(9)16-14)12(18)15-6-7-2-1-3-21-7/h4-5,7,16H,1-3,6,14H2,(H,15,18). The number of ether oxygens (including phenoxy) is 1. The van der Waals surface area contributed by atoms with E-state index < -0.39 is 22.3 Å². The van der Waals surface area contributed by atoms with Crippen molar-refractivity contribution in [2.45, 2.75) is 18.9 Å². The molecule has 1 fully saturated rings. The molecule has 1 saturated heterocycles. The minimum atomic E-state index is -0.903. The molecule has 1 aliphatic heterocycles. The van der Waals surface area contributed by atoms with Crippen molar-refractivity contribution in [3.8, 4) is 0 Å². The van der Waals surface area contributed by atoms with Gasteiger partial charge in [0, 0.05) is 13.2 Å². The van der Waals surface area contributed by atoms with E-state index >= 15 is 0 Å². The van der Waals surface area contributed by atoms with Gasteiger partial charge in [-0.1, -0.05) is 0 Å². The number of nitro groups is 1. The predicted octanol–water partition coefficient (Wildman–Crippen LogP) is 0.928. The molecule has 114 valence electrons. The van der Waals surface area contributed by atoms with Crippen LogP contribution in [0.2, 0.25) is 0 Å². The number of nitro benzene ring substituents is 1. The number of halogens is 1. The van der Waals surface area contributed by atoms with E-state index in [0.29, 0.717) is 12.7 Å². The van der Waals surface area contributed by atoms with Gasteiger partial charge in [-0.3, -0.25) is 20.8 Å². The number of nitrogens with zero attached hydrogens (tertiary/aromatic N) is 1. The highest BCUT2D eigenvalue weighted by Crippen LogP contribution is 2.25. The highest BCUT2D eigenvalue weighted by atomic mass is 19.1. The number of nitrogens with one attached hydrogen (secondary N) is 2. The van der Waals surface area contributed by atoms with E-state index in [1.165, 1.54) is 0 Å². The van der Waals surface area contributed by atoms with Gasteiger partial charge in [-0.05, 0) is 18.9 Å². The van der Waals surface area contributed by atoms with Gasteiger partial charge < -0.3 is 15.5 Å². The number of nitrogens with two attached hydrogens (primary N) is 1. The van der Waals surface area contributed by atoms with Gasteiger partial charge >= 0.3 is 0 Å². The Balaban J connectivity index is 2.19. The van der Waals surface area contributed by atoms with E-state index in [-0.39, 0.29) is 23.9 Å². The van der Waals surface area contributed by atoms with Crippen LogP contribution in [-0.4, -0.2) is 30.1 Å². The van der Waals surface area contributed by atoms with Crippen LogP contribution in [0, 0.1) is 15.9 Å². The fraction of sp³-hybridized carbons (Fsp3) is 0.417. The first kappa shape index (κ1) is 15.1. The highest BCUT2D eigenvalue weighted by molar-refractivity contribution is 5.99. The molecular formula is C12H15FN4O4. The monoisotopic (exact) mass is 298 g/mol. The molecule has 1 aliphatic rings. The van der Waals surface area contributed by atoms with Gasteiger partial charge in [0.2, 0.25) is 0 Å². The van der Waals surface area contributed by atoms with Crippen LogP contribution < -0.4 is 16.6 Å². The van der Waals surface area contributed by atoms with Gasteiger partial charge in [0.25, 0.3) is 11.6 Å². The summed E-state index contributed by atoms with van der Waals surface area (Å²) in [6.07, 6.45) is 1.64. The summed E-state index contributed by atoms with van der Waals surface area (Å²) < 4.78 is 18.8. The Morgan fingerprint density at radius 1 is 1.57 bits per heavy atom. The quantitative estimate of drug-likeness (QED) is 0.422. The number of carbonyl (C=O) groups excluding carboxylic acids is 1. The summed E-state index contributed by atoms with van der Waals surface area (Å²) in [4.78, 5) is 22.1. The van der Waals surface area contributed by atoms with Gasteiger partial charge in [0.15, 0.2) is 5.82 Å². The van der Waals surface area contributed by atoms with Crippen LogP contribution in [-0.2, 0) is 4.74 Å². The third-order valence-corrected chi connectivity index (χ3v) is 3.20. The molecule has 1 atom stereocenters. The number of anilines is 1. The molecule has 0 spiro atoms. The second-order valence-corrected chi connectivity index (χ2v) is 4.60. The number of benzene rings is 1. The number of rotatable bonds is 5. The van der Waals surface area contributed by atoms with E-state index in [4.69, 9.17) is 10.6 Å². The fourth-order valence-electron chi connectivity index (χ4n) is 2.11. The molecule has 2 rings (SSSR count). The van der Waals surface area contributed by atoms with Gasteiger partial charge in [-0.25, -0.2) is 4.39 Å². The van der Waals surface area contributed by atoms with Gasteiger partial charge in [-0.15, -0.1) is 0 Å². The van der Waals surface area contributed by atoms with Crippen LogP contribution in [0.25, 0.3) is 0 Å². The fourth-order valence-corrected chi connectivity index (χ4v) is 2.11. The Labute approximate surface area is 119 Å². The van der Waals surface area contributed by atoms with Gasteiger partial charge in [-0.2, -0.15) is 0 Å². The zero-order valence-corrected chi connectivity index (χ0v) is 11.1. The van der Waals surface area contributed by atoms with E-state index in [1.54, 1.807) is 0 Å². The lowest BCUT2D eigenvalue weighted by Crippen LogP contribution is -2.32. The van der Waals surface area contributed by atoms with Crippen LogP contribution in [0.5, 0.6) is 0 Å². The smallest absolute Gasteiger partial charge is 0.285 e. The summed E-state index contributed by atoms with van der Waals surface area (Å²) in [5, 5.41) is 13.5. The average molecular weight is 298 g/mol. The van der Waals surface area contributed by atoms with Crippen molar-refractivity contribution in [2.75, 3.05) is 18.6 Å². The Morgan fingerprint density at radius 3 is 2.90 bits per heavy atom. The van der Waals surface area contributed by atoms with Crippen molar-refractivity contribution < 1.29 is 18.8 Å².